The zero-order chi connectivity index (χ0) is 20.8. The molecule has 0 aliphatic heterocycles. The predicted octanol–water partition coefficient (Wildman–Crippen LogP) is 6.36. The van der Waals surface area contributed by atoms with E-state index in [9.17, 15) is 10.2 Å². The third kappa shape index (κ3) is 3.75. The summed E-state index contributed by atoms with van der Waals surface area (Å²) >= 11 is 0. The summed E-state index contributed by atoms with van der Waals surface area (Å²) in [7, 11) is 0. The molecule has 4 aliphatic carbocycles. The largest absolute Gasteiger partial charge is 0.396 e. The Labute approximate surface area is 179 Å². The van der Waals surface area contributed by atoms with Crippen LogP contribution in [0.1, 0.15) is 98.3 Å². The van der Waals surface area contributed by atoms with Crippen LogP contribution in [0, 0.1) is 46.3 Å². The average Bonchev–Trinajstić information content (AvgIpc) is 3.05. The Morgan fingerprint density at radius 1 is 1.03 bits per heavy atom. The molecule has 2 nitrogen and oxygen atoms in total. The molecule has 9 atom stereocenters. The SMILES string of the molecule is CC(CO)CCC[C@H](C)[C@H]1CC[C@H]2[C@@H]3CC=C4C[C@@H](O)CC[C@]4(C)[C@H]3CC[C@]12C. The van der Waals surface area contributed by atoms with Gasteiger partial charge in [0.1, 0.15) is 0 Å². The first-order valence-electron chi connectivity index (χ1n) is 12.8. The molecule has 3 fully saturated rings. The third-order valence-electron chi connectivity index (χ3n) is 10.5. The normalized spacial score (nSPS) is 46.3. The number of aliphatic hydroxyl groups excluding tert-OH is 2. The summed E-state index contributed by atoms with van der Waals surface area (Å²) in [5.74, 6) is 4.82. The third-order valence-corrected chi connectivity index (χ3v) is 10.5. The molecule has 3 saturated carbocycles. The van der Waals surface area contributed by atoms with Crippen molar-refractivity contribution in [3.05, 3.63) is 11.6 Å². The van der Waals surface area contributed by atoms with Crippen LogP contribution in [-0.2, 0) is 0 Å². The van der Waals surface area contributed by atoms with E-state index in [2.05, 4.69) is 33.8 Å². The maximum absolute atomic E-state index is 10.2. The maximum atomic E-state index is 10.2. The van der Waals surface area contributed by atoms with Crippen LogP contribution in [0.3, 0.4) is 0 Å². The van der Waals surface area contributed by atoms with E-state index >= 15 is 0 Å². The molecule has 1 unspecified atom stereocenters. The van der Waals surface area contributed by atoms with Gasteiger partial charge in [-0.05, 0) is 104 Å². The number of fused-ring (bicyclic) bond motifs is 5. The first kappa shape index (κ1) is 21.9. The summed E-state index contributed by atoms with van der Waals surface area (Å²) in [6.07, 6.45) is 16.4. The lowest BCUT2D eigenvalue weighted by Gasteiger charge is -2.58. The molecule has 0 spiro atoms. The van der Waals surface area contributed by atoms with Gasteiger partial charge in [0, 0.05) is 6.61 Å². The van der Waals surface area contributed by atoms with Crippen molar-refractivity contribution in [1.82, 2.24) is 0 Å². The minimum atomic E-state index is -0.0926. The molecule has 4 aliphatic rings. The Morgan fingerprint density at radius 3 is 2.59 bits per heavy atom. The second kappa shape index (κ2) is 8.30. The van der Waals surface area contributed by atoms with Crippen molar-refractivity contribution in [2.45, 2.75) is 104 Å². The topological polar surface area (TPSA) is 40.5 Å². The smallest absolute Gasteiger partial charge is 0.0577 e. The standard InChI is InChI=1S/C27H46O2/c1-18(17-28)6-5-7-19(2)23-10-11-24-22-9-8-20-16-21(29)12-14-26(20,3)25(22)13-15-27(23,24)4/h8,18-19,21-25,28-29H,5-7,9-17H2,1-4H3/t18?,19-,21-,22-,23+,24-,25-,26-,27+/m0/s1. The highest BCUT2D eigenvalue weighted by atomic mass is 16.3. The van der Waals surface area contributed by atoms with Crippen LogP contribution >= 0.6 is 0 Å². The van der Waals surface area contributed by atoms with Gasteiger partial charge in [0.15, 0.2) is 0 Å². The van der Waals surface area contributed by atoms with Crippen molar-refractivity contribution in [2.75, 3.05) is 6.61 Å². The Kier molecular flexibility index (Phi) is 6.26. The lowest BCUT2D eigenvalue weighted by Crippen LogP contribution is -2.50. The zero-order valence-corrected chi connectivity index (χ0v) is 19.5. The fraction of sp³-hybridized carbons (Fsp3) is 0.926. The Morgan fingerprint density at radius 2 is 1.83 bits per heavy atom. The molecule has 2 heteroatoms. The highest BCUT2D eigenvalue weighted by Crippen LogP contribution is 2.67. The van der Waals surface area contributed by atoms with Gasteiger partial charge < -0.3 is 10.2 Å². The van der Waals surface area contributed by atoms with Crippen LogP contribution in [0.15, 0.2) is 11.6 Å². The van der Waals surface area contributed by atoms with E-state index in [1.165, 1.54) is 57.8 Å². The summed E-state index contributed by atoms with van der Waals surface area (Å²) in [4.78, 5) is 0. The molecule has 166 valence electrons. The van der Waals surface area contributed by atoms with E-state index in [-0.39, 0.29) is 6.10 Å². The van der Waals surface area contributed by atoms with Gasteiger partial charge in [-0.1, -0.05) is 52.2 Å². The fourth-order valence-corrected chi connectivity index (χ4v) is 8.70. The molecule has 0 saturated heterocycles. The average molecular weight is 403 g/mol. The van der Waals surface area contributed by atoms with E-state index in [1.807, 2.05) is 0 Å². The van der Waals surface area contributed by atoms with E-state index in [0.717, 1.165) is 42.4 Å². The van der Waals surface area contributed by atoms with Crippen LogP contribution < -0.4 is 0 Å². The fourth-order valence-electron chi connectivity index (χ4n) is 8.70. The van der Waals surface area contributed by atoms with Crippen molar-refractivity contribution in [3.63, 3.8) is 0 Å². The predicted molar refractivity (Wildman–Crippen MR) is 120 cm³/mol. The molecule has 0 bridgehead atoms. The van der Waals surface area contributed by atoms with Gasteiger partial charge in [-0.2, -0.15) is 0 Å². The van der Waals surface area contributed by atoms with Gasteiger partial charge in [0.05, 0.1) is 6.10 Å². The minimum absolute atomic E-state index is 0.0926. The van der Waals surface area contributed by atoms with Gasteiger partial charge in [0.2, 0.25) is 0 Å². The van der Waals surface area contributed by atoms with Gasteiger partial charge in [0.25, 0.3) is 0 Å². The second-order valence-corrected chi connectivity index (χ2v) is 12.1. The summed E-state index contributed by atoms with van der Waals surface area (Å²) in [6, 6.07) is 0. The Balaban J connectivity index is 1.46. The quantitative estimate of drug-likeness (QED) is 0.507. The summed E-state index contributed by atoms with van der Waals surface area (Å²) in [5, 5.41) is 19.5. The molecule has 0 radical (unpaired) electrons. The van der Waals surface area contributed by atoms with Crippen molar-refractivity contribution in [2.24, 2.45) is 46.3 Å². The first-order valence-corrected chi connectivity index (χ1v) is 12.8. The molecule has 0 aromatic carbocycles. The molecular formula is C27H46O2. The highest BCUT2D eigenvalue weighted by Gasteiger charge is 2.59. The monoisotopic (exact) mass is 402 g/mol. The molecule has 0 aromatic heterocycles. The number of hydrogen-bond donors (Lipinski definition) is 2. The number of aliphatic hydroxyl groups is 2. The van der Waals surface area contributed by atoms with Crippen LogP contribution in [0.4, 0.5) is 0 Å². The van der Waals surface area contributed by atoms with Gasteiger partial charge in [-0.3, -0.25) is 0 Å². The molecule has 2 N–H and O–H groups in total. The maximum Gasteiger partial charge on any atom is 0.0577 e. The van der Waals surface area contributed by atoms with Crippen LogP contribution in [0.25, 0.3) is 0 Å². The van der Waals surface area contributed by atoms with Crippen molar-refractivity contribution in [3.8, 4) is 0 Å². The van der Waals surface area contributed by atoms with Crippen LogP contribution in [-0.4, -0.2) is 22.9 Å². The lowest BCUT2D eigenvalue weighted by molar-refractivity contribution is -0.0573. The number of hydrogen-bond acceptors (Lipinski definition) is 2. The molecule has 4 rings (SSSR count). The molecular weight excluding hydrogens is 356 g/mol. The van der Waals surface area contributed by atoms with Gasteiger partial charge >= 0.3 is 0 Å². The Bertz CT molecular complexity index is 612. The molecule has 0 heterocycles. The summed E-state index contributed by atoms with van der Waals surface area (Å²) in [5.41, 5.74) is 2.51. The van der Waals surface area contributed by atoms with Crippen molar-refractivity contribution in [1.29, 1.82) is 0 Å². The molecule has 0 amide bonds. The highest BCUT2D eigenvalue weighted by molar-refractivity contribution is 5.25. The lowest BCUT2D eigenvalue weighted by atomic mass is 9.47. The first-order chi connectivity index (χ1) is 13.8. The summed E-state index contributed by atoms with van der Waals surface area (Å²) < 4.78 is 0. The van der Waals surface area contributed by atoms with E-state index in [1.54, 1.807) is 5.57 Å². The second-order valence-electron chi connectivity index (χ2n) is 12.1. The van der Waals surface area contributed by atoms with Crippen molar-refractivity contribution < 1.29 is 10.2 Å². The van der Waals surface area contributed by atoms with E-state index in [4.69, 9.17) is 0 Å². The van der Waals surface area contributed by atoms with Gasteiger partial charge in [-0.25, -0.2) is 0 Å². The van der Waals surface area contributed by atoms with Crippen molar-refractivity contribution >= 4 is 0 Å². The Hall–Kier alpha value is -0.340. The van der Waals surface area contributed by atoms with Gasteiger partial charge in [-0.15, -0.1) is 0 Å². The van der Waals surface area contributed by atoms with E-state index < -0.39 is 0 Å². The summed E-state index contributed by atoms with van der Waals surface area (Å²) in [6.45, 7) is 10.2. The zero-order valence-electron chi connectivity index (χ0n) is 19.5. The minimum Gasteiger partial charge on any atom is -0.396 e. The molecule has 0 aromatic rings. The van der Waals surface area contributed by atoms with Crippen LogP contribution in [0.2, 0.25) is 0 Å². The number of allylic oxidation sites excluding steroid dienone is 1. The van der Waals surface area contributed by atoms with Crippen LogP contribution in [0.5, 0.6) is 0 Å². The van der Waals surface area contributed by atoms with E-state index in [0.29, 0.717) is 23.4 Å². The number of rotatable bonds is 6. The molecule has 29 heavy (non-hydrogen) atoms.